The molecule has 1 unspecified atom stereocenters. The third kappa shape index (κ3) is 6.22. The van der Waals surface area contributed by atoms with Gasteiger partial charge >= 0.3 is 0 Å². The van der Waals surface area contributed by atoms with Gasteiger partial charge in [-0.2, -0.15) is 0 Å². The molecule has 1 atom stereocenters. The van der Waals surface area contributed by atoms with Gasteiger partial charge < -0.3 is 15.5 Å². The van der Waals surface area contributed by atoms with E-state index in [1.165, 1.54) is 11.1 Å². The lowest BCUT2D eigenvalue weighted by Crippen LogP contribution is -2.37. The topological polar surface area (TPSA) is 44.9 Å². The van der Waals surface area contributed by atoms with Crippen LogP contribution in [0.5, 0.6) is 0 Å². The van der Waals surface area contributed by atoms with Gasteiger partial charge in [-0.15, -0.1) is 24.0 Å². The van der Waals surface area contributed by atoms with Gasteiger partial charge in [0.25, 0.3) is 0 Å². The molecule has 1 rings (SSSR count). The van der Waals surface area contributed by atoms with Gasteiger partial charge in [-0.05, 0) is 40.4 Å². The second-order valence-electron chi connectivity index (χ2n) is 5.26. The highest BCUT2D eigenvalue weighted by Gasteiger charge is 2.14. The SMILES string of the molecule is CCN(CC)C(N)=NCC(c1ccc(C)cc1)N(C)C.I. The van der Waals surface area contributed by atoms with Gasteiger partial charge in [-0.3, -0.25) is 4.99 Å². The summed E-state index contributed by atoms with van der Waals surface area (Å²) in [7, 11) is 4.15. The molecule has 21 heavy (non-hydrogen) atoms. The van der Waals surface area contributed by atoms with E-state index in [1.807, 2.05) is 0 Å². The van der Waals surface area contributed by atoms with Gasteiger partial charge in [0.1, 0.15) is 0 Å². The maximum Gasteiger partial charge on any atom is 0.191 e. The fourth-order valence-corrected chi connectivity index (χ4v) is 2.18. The smallest absolute Gasteiger partial charge is 0.191 e. The first-order valence-electron chi connectivity index (χ1n) is 7.27. The number of likely N-dealkylation sites (N-methyl/N-ethyl adjacent to an activating group) is 1. The predicted molar refractivity (Wildman–Crippen MR) is 102 cm³/mol. The number of nitrogens with two attached hydrogens (primary N) is 1. The molecule has 0 radical (unpaired) electrons. The van der Waals surface area contributed by atoms with Gasteiger partial charge in [-0.1, -0.05) is 29.8 Å². The van der Waals surface area contributed by atoms with Crippen molar-refractivity contribution in [1.29, 1.82) is 0 Å². The molecule has 0 saturated carbocycles. The van der Waals surface area contributed by atoms with Crippen LogP contribution >= 0.6 is 24.0 Å². The van der Waals surface area contributed by atoms with Crippen LogP contribution in [0.25, 0.3) is 0 Å². The summed E-state index contributed by atoms with van der Waals surface area (Å²) in [5.74, 6) is 0.633. The van der Waals surface area contributed by atoms with E-state index in [9.17, 15) is 0 Å². The lowest BCUT2D eigenvalue weighted by Gasteiger charge is -2.25. The van der Waals surface area contributed by atoms with Crippen LogP contribution in [0.2, 0.25) is 0 Å². The Kier molecular flexibility index (Phi) is 9.61. The van der Waals surface area contributed by atoms with Gasteiger partial charge in [0.15, 0.2) is 5.96 Å². The maximum absolute atomic E-state index is 6.05. The van der Waals surface area contributed by atoms with Gasteiger partial charge in [0, 0.05) is 13.1 Å². The predicted octanol–water partition coefficient (Wildman–Crippen LogP) is 2.87. The van der Waals surface area contributed by atoms with Crippen LogP contribution < -0.4 is 5.73 Å². The normalized spacial score (nSPS) is 13.0. The molecule has 0 aliphatic rings. The maximum atomic E-state index is 6.05. The molecule has 0 bridgehead atoms. The molecule has 1 aromatic carbocycles. The fraction of sp³-hybridized carbons (Fsp3) is 0.562. The van der Waals surface area contributed by atoms with Crippen LogP contribution in [0.4, 0.5) is 0 Å². The average molecular weight is 404 g/mol. The largest absolute Gasteiger partial charge is 0.370 e. The second-order valence-corrected chi connectivity index (χ2v) is 5.26. The van der Waals surface area contributed by atoms with Crippen molar-refractivity contribution >= 4 is 29.9 Å². The van der Waals surface area contributed by atoms with Crippen LogP contribution in [0.15, 0.2) is 29.3 Å². The third-order valence-corrected chi connectivity index (χ3v) is 3.60. The van der Waals surface area contributed by atoms with E-state index in [2.05, 4.69) is 73.9 Å². The first-order valence-corrected chi connectivity index (χ1v) is 7.27. The molecule has 0 amide bonds. The molecule has 0 aliphatic carbocycles. The summed E-state index contributed by atoms with van der Waals surface area (Å²) >= 11 is 0. The number of nitrogens with zero attached hydrogens (tertiary/aromatic N) is 3. The van der Waals surface area contributed by atoms with Crippen molar-refractivity contribution < 1.29 is 0 Å². The Hall–Kier alpha value is -0.820. The van der Waals surface area contributed by atoms with Crippen molar-refractivity contribution in [2.24, 2.45) is 10.7 Å². The molecule has 0 fully saturated rings. The standard InChI is InChI=1S/C16H28N4.HI/c1-6-20(7-2)16(17)18-12-15(19(4)5)14-10-8-13(3)9-11-14;/h8-11,15H,6-7,12H2,1-5H3,(H2,17,18);1H. The van der Waals surface area contributed by atoms with Crippen LogP contribution in [0.1, 0.15) is 31.0 Å². The average Bonchev–Trinajstić information content (AvgIpc) is 2.42. The zero-order chi connectivity index (χ0) is 15.1. The highest BCUT2D eigenvalue weighted by molar-refractivity contribution is 14.0. The van der Waals surface area contributed by atoms with Crippen LogP contribution in [0.3, 0.4) is 0 Å². The van der Waals surface area contributed by atoms with Crippen molar-refractivity contribution in [2.75, 3.05) is 33.7 Å². The van der Waals surface area contributed by atoms with E-state index in [0.29, 0.717) is 12.5 Å². The number of halogens is 1. The molecule has 1 aromatic rings. The summed E-state index contributed by atoms with van der Waals surface area (Å²) in [6, 6.07) is 8.88. The molecule has 0 spiro atoms. The number of benzene rings is 1. The quantitative estimate of drug-likeness (QED) is 0.451. The molecule has 0 heterocycles. The van der Waals surface area contributed by atoms with Gasteiger partial charge in [0.05, 0.1) is 12.6 Å². The van der Waals surface area contributed by atoms with Crippen LogP contribution in [0, 0.1) is 6.92 Å². The summed E-state index contributed by atoms with van der Waals surface area (Å²) in [5.41, 5.74) is 8.60. The minimum atomic E-state index is 0. The summed E-state index contributed by atoms with van der Waals surface area (Å²) < 4.78 is 0. The fourth-order valence-electron chi connectivity index (χ4n) is 2.18. The lowest BCUT2D eigenvalue weighted by molar-refractivity contribution is 0.305. The van der Waals surface area contributed by atoms with Crippen LogP contribution in [-0.2, 0) is 0 Å². The summed E-state index contributed by atoms with van der Waals surface area (Å²) in [4.78, 5) is 8.82. The zero-order valence-corrected chi connectivity index (χ0v) is 16.2. The first-order chi connectivity index (χ1) is 9.49. The zero-order valence-electron chi connectivity index (χ0n) is 13.8. The molecular formula is C16H29IN4. The highest BCUT2D eigenvalue weighted by Crippen LogP contribution is 2.19. The van der Waals surface area contributed by atoms with Crippen molar-refractivity contribution in [1.82, 2.24) is 9.80 Å². The van der Waals surface area contributed by atoms with E-state index in [0.717, 1.165) is 13.1 Å². The second kappa shape index (κ2) is 10.00. The molecule has 0 aliphatic heterocycles. The Bertz CT molecular complexity index is 424. The van der Waals surface area contributed by atoms with Crippen molar-refractivity contribution in [3.05, 3.63) is 35.4 Å². The monoisotopic (exact) mass is 404 g/mol. The number of hydrogen-bond donors (Lipinski definition) is 1. The number of guanidine groups is 1. The Labute approximate surface area is 146 Å². The number of aryl methyl sites for hydroxylation is 1. The molecule has 0 saturated heterocycles. The van der Waals surface area contributed by atoms with E-state index >= 15 is 0 Å². The summed E-state index contributed by atoms with van der Waals surface area (Å²) in [6.07, 6.45) is 0. The molecule has 2 N–H and O–H groups in total. The van der Waals surface area contributed by atoms with Crippen LogP contribution in [-0.4, -0.2) is 49.5 Å². The minimum Gasteiger partial charge on any atom is -0.370 e. The Balaban J connectivity index is 0.00000400. The lowest BCUT2D eigenvalue weighted by atomic mass is 10.0. The van der Waals surface area contributed by atoms with Crippen molar-refractivity contribution in [3.63, 3.8) is 0 Å². The van der Waals surface area contributed by atoms with E-state index in [1.54, 1.807) is 0 Å². The number of rotatable bonds is 6. The minimum absolute atomic E-state index is 0. The summed E-state index contributed by atoms with van der Waals surface area (Å²) in [5, 5.41) is 0. The first kappa shape index (κ1) is 20.2. The van der Waals surface area contributed by atoms with Crippen molar-refractivity contribution in [3.8, 4) is 0 Å². The van der Waals surface area contributed by atoms with Gasteiger partial charge in [0.2, 0.25) is 0 Å². The van der Waals surface area contributed by atoms with E-state index in [-0.39, 0.29) is 30.0 Å². The highest BCUT2D eigenvalue weighted by atomic mass is 127. The Morgan fingerprint density at radius 3 is 2.10 bits per heavy atom. The third-order valence-electron chi connectivity index (χ3n) is 3.60. The molecule has 0 aromatic heterocycles. The van der Waals surface area contributed by atoms with E-state index in [4.69, 9.17) is 5.73 Å². The van der Waals surface area contributed by atoms with E-state index < -0.39 is 0 Å². The molecule has 4 nitrogen and oxygen atoms in total. The summed E-state index contributed by atoms with van der Waals surface area (Å²) in [6.45, 7) is 8.75. The molecule has 120 valence electrons. The molecular weight excluding hydrogens is 375 g/mol. The Morgan fingerprint density at radius 2 is 1.67 bits per heavy atom. The molecule has 5 heteroatoms. The number of hydrogen-bond acceptors (Lipinski definition) is 2. The van der Waals surface area contributed by atoms with Crippen molar-refractivity contribution in [2.45, 2.75) is 26.8 Å². The number of aliphatic imine (C=N–C) groups is 1. The van der Waals surface area contributed by atoms with Gasteiger partial charge in [-0.25, -0.2) is 0 Å². The Morgan fingerprint density at radius 1 is 1.14 bits per heavy atom.